The summed E-state index contributed by atoms with van der Waals surface area (Å²) in [5, 5.41) is 3.19. The van der Waals surface area contributed by atoms with Crippen molar-refractivity contribution in [3.05, 3.63) is 17.0 Å². The molecule has 1 aromatic heterocycles. The molecule has 1 rings (SSSR count). The maximum absolute atomic E-state index is 11.5. The van der Waals surface area contributed by atoms with Gasteiger partial charge in [0.05, 0.1) is 6.61 Å². The highest BCUT2D eigenvalue weighted by atomic mass is 35.5. The van der Waals surface area contributed by atoms with Crippen LogP contribution < -0.4 is 5.32 Å². The first kappa shape index (κ1) is 14.7. The highest BCUT2D eigenvalue weighted by Crippen LogP contribution is 2.13. The van der Waals surface area contributed by atoms with Crippen molar-refractivity contribution < 1.29 is 14.3 Å². The van der Waals surface area contributed by atoms with Crippen LogP contribution in [0.25, 0.3) is 0 Å². The molecule has 0 bridgehead atoms. The number of carbonyl (C=O) groups excluding carboxylic acids is 1. The van der Waals surface area contributed by atoms with Crippen molar-refractivity contribution in [1.29, 1.82) is 0 Å². The minimum atomic E-state index is -0.508. The number of esters is 1. The molecule has 1 atom stereocenters. The lowest BCUT2D eigenvalue weighted by atomic mass is 10.3. The molecule has 0 aliphatic heterocycles. The molecule has 0 saturated carbocycles. The van der Waals surface area contributed by atoms with Crippen molar-refractivity contribution in [3.8, 4) is 0 Å². The van der Waals surface area contributed by atoms with Crippen LogP contribution in [0.1, 0.15) is 19.7 Å². The molecule has 0 amide bonds. The molecular formula is C11H16ClN3O3. The first-order chi connectivity index (χ1) is 8.56. The van der Waals surface area contributed by atoms with Crippen molar-refractivity contribution in [2.75, 3.05) is 19.0 Å². The summed E-state index contributed by atoms with van der Waals surface area (Å²) in [7, 11) is 1.54. The number of aromatic nitrogens is 2. The van der Waals surface area contributed by atoms with Gasteiger partial charge in [-0.3, -0.25) is 0 Å². The second kappa shape index (κ2) is 7.13. The van der Waals surface area contributed by atoms with Crippen LogP contribution in [0.5, 0.6) is 0 Å². The summed E-state index contributed by atoms with van der Waals surface area (Å²) in [5.41, 5.74) is 0. The van der Waals surface area contributed by atoms with Gasteiger partial charge in [0, 0.05) is 13.2 Å². The number of halogens is 1. The van der Waals surface area contributed by atoms with E-state index in [2.05, 4.69) is 15.3 Å². The zero-order valence-corrected chi connectivity index (χ0v) is 11.3. The molecule has 0 aromatic carbocycles. The third-order valence-electron chi connectivity index (χ3n) is 2.02. The summed E-state index contributed by atoms with van der Waals surface area (Å²) in [6.45, 7) is 4.03. The van der Waals surface area contributed by atoms with Gasteiger partial charge in [-0.15, -0.1) is 0 Å². The quantitative estimate of drug-likeness (QED) is 0.627. The normalized spacial score (nSPS) is 12.0. The number of hydrogen-bond donors (Lipinski definition) is 1. The lowest BCUT2D eigenvalue weighted by Gasteiger charge is -2.13. The molecule has 1 unspecified atom stereocenters. The third-order valence-corrected chi connectivity index (χ3v) is 2.21. The van der Waals surface area contributed by atoms with E-state index in [1.54, 1.807) is 21.0 Å². The molecule has 6 nitrogen and oxygen atoms in total. The number of ether oxygens (including phenoxy) is 2. The molecule has 0 aliphatic rings. The monoisotopic (exact) mass is 273 g/mol. The molecule has 1 N–H and O–H groups in total. The van der Waals surface area contributed by atoms with Crippen LogP contribution in [-0.2, 0) is 20.9 Å². The molecule has 100 valence electrons. The largest absolute Gasteiger partial charge is 0.464 e. The van der Waals surface area contributed by atoms with Gasteiger partial charge in [-0.1, -0.05) is 11.6 Å². The van der Waals surface area contributed by atoms with E-state index >= 15 is 0 Å². The van der Waals surface area contributed by atoms with E-state index in [-0.39, 0.29) is 17.7 Å². The standard InChI is InChI=1S/C11H16ClN3O3/c1-4-18-11(16)7(2)13-9-5-8(12)14-10(15-9)6-17-3/h5,7H,4,6H2,1-3H3,(H,13,14,15). The Bertz CT molecular complexity index is 415. The fourth-order valence-electron chi connectivity index (χ4n) is 1.28. The average Bonchev–Trinajstić information content (AvgIpc) is 2.28. The van der Waals surface area contributed by atoms with Gasteiger partial charge in [0.1, 0.15) is 23.6 Å². The Morgan fingerprint density at radius 1 is 1.56 bits per heavy atom. The number of hydrogen-bond acceptors (Lipinski definition) is 6. The van der Waals surface area contributed by atoms with Crippen molar-refractivity contribution in [2.24, 2.45) is 0 Å². The maximum atomic E-state index is 11.5. The molecule has 0 radical (unpaired) electrons. The van der Waals surface area contributed by atoms with Crippen molar-refractivity contribution >= 4 is 23.4 Å². The van der Waals surface area contributed by atoms with Crippen LogP contribution in [0.15, 0.2) is 6.07 Å². The maximum Gasteiger partial charge on any atom is 0.328 e. The molecule has 0 saturated heterocycles. The predicted molar refractivity (Wildman–Crippen MR) is 67.5 cm³/mol. The summed E-state index contributed by atoms with van der Waals surface area (Å²) >= 11 is 5.85. The van der Waals surface area contributed by atoms with Crippen LogP contribution in [0.3, 0.4) is 0 Å². The SMILES string of the molecule is CCOC(=O)C(C)Nc1cc(Cl)nc(COC)n1. The van der Waals surface area contributed by atoms with E-state index in [4.69, 9.17) is 21.1 Å². The van der Waals surface area contributed by atoms with Gasteiger partial charge < -0.3 is 14.8 Å². The molecule has 18 heavy (non-hydrogen) atoms. The Labute approximate surface area is 111 Å². The summed E-state index contributed by atoms with van der Waals surface area (Å²) < 4.78 is 9.81. The van der Waals surface area contributed by atoms with E-state index in [1.807, 2.05) is 0 Å². The summed E-state index contributed by atoms with van der Waals surface area (Å²) in [6, 6.07) is 1.03. The topological polar surface area (TPSA) is 73.3 Å². The van der Waals surface area contributed by atoms with Gasteiger partial charge in [0.25, 0.3) is 0 Å². The lowest BCUT2D eigenvalue weighted by Crippen LogP contribution is -2.28. The van der Waals surface area contributed by atoms with Crippen molar-refractivity contribution in [1.82, 2.24) is 9.97 Å². The summed E-state index contributed by atoms with van der Waals surface area (Å²) in [6.07, 6.45) is 0. The number of carbonyl (C=O) groups is 1. The van der Waals surface area contributed by atoms with E-state index in [9.17, 15) is 4.79 Å². The fraction of sp³-hybridized carbons (Fsp3) is 0.545. The minimum absolute atomic E-state index is 0.253. The number of nitrogens with zero attached hydrogens (tertiary/aromatic N) is 2. The van der Waals surface area contributed by atoms with E-state index in [1.165, 1.54) is 6.07 Å². The van der Waals surface area contributed by atoms with E-state index < -0.39 is 6.04 Å². The Morgan fingerprint density at radius 2 is 2.28 bits per heavy atom. The third kappa shape index (κ3) is 4.46. The van der Waals surface area contributed by atoms with Gasteiger partial charge in [-0.05, 0) is 13.8 Å². The Balaban J connectivity index is 2.74. The fourth-order valence-corrected chi connectivity index (χ4v) is 1.48. The molecule has 0 fully saturated rings. The van der Waals surface area contributed by atoms with Gasteiger partial charge in [0.2, 0.25) is 0 Å². The van der Waals surface area contributed by atoms with Crippen molar-refractivity contribution in [3.63, 3.8) is 0 Å². The number of rotatable bonds is 6. The minimum Gasteiger partial charge on any atom is -0.464 e. The first-order valence-electron chi connectivity index (χ1n) is 5.52. The zero-order chi connectivity index (χ0) is 13.5. The Kier molecular flexibility index (Phi) is 5.80. The molecule has 7 heteroatoms. The highest BCUT2D eigenvalue weighted by Gasteiger charge is 2.14. The average molecular weight is 274 g/mol. The molecule has 0 spiro atoms. The predicted octanol–water partition coefficient (Wildman–Crippen LogP) is 1.64. The van der Waals surface area contributed by atoms with Gasteiger partial charge >= 0.3 is 5.97 Å². The zero-order valence-electron chi connectivity index (χ0n) is 10.6. The number of methoxy groups -OCH3 is 1. The van der Waals surface area contributed by atoms with Crippen molar-refractivity contribution in [2.45, 2.75) is 26.5 Å². The second-order valence-corrected chi connectivity index (χ2v) is 3.93. The van der Waals surface area contributed by atoms with Crippen LogP contribution >= 0.6 is 11.6 Å². The number of anilines is 1. The van der Waals surface area contributed by atoms with Crippen LogP contribution in [0.4, 0.5) is 5.82 Å². The Morgan fingerprint density at radius 3 is 2.89 bits per heavy atom. The van der Waals surface area contributed by atoms with E-state index in [0.717, 1.165) is 0 Å². The van der Waals surface area contributed by atoms with Crippen LogP contribution in [-0.4, -0.2) is 35.7 Å². The molecule has 1 aromatic rings. The molecule has 0 aliphatic carbocycles. The first-order valence-corrected chi connectivity index (χ1v) is 5.90. The molecule has 1 heterocycles. The van der Waals surface area contributed by atoms with Gasteiger partial charge in [-0.2, -0.15) is 0 Å². The van der Waals surface area contributed by atoms with Crippen LogP contribution in [0.2, 0.25) is 5.15 Å². The van der Waals surface area contributed by atoms with Crippen LogP contribution in [0, 0.1) is 0 Å². The van der Waals surface area contributed by atoms with E-state index in [0.29, 0.717) is 18.2 Å². The molecular weight excluding hydrogens is 258 g/mol. The smallest absolute Gasteiger partial charge is 0.328 e. The summed E-state index contributed by atoms with van der Waals surface area (Å²) in [4.78, 5) is 19.6. The van der Waals surface area contributed by atoms with Gasteiger partial charge in [-0.25, -0.2) is 14.8 Å². The number of nitrogens with one attached hydrogen (secondary N) is 1. The second-order valence-electron chi connectivity index (χ2n) is 3.54. The Hall–Kier alpha value is -1.40. The van der Waals surface area contributed by atoms with Gasteiger partial charge in [0.15, 0.2) is 5.82 Å². The summed E-state index contributed by atoms with van der Waals surface area (Å²) in [5.74, 6) is 0.562. The highest BCUT2D eigenvalue weighted by molar-refractivity contribution is 6.29. The lowest BCUT2D eigenvalue weighted by molar-refractivity contribution is -0.143.